The van der Waals surface area contributed by atoms with Crippen LogP contribution in [0.25, 0.3) is 0 Å². The number of esters is 1. The number of hydrogen-bond donors (Lipinski definition) is 0. The van der Waals surface area contributed by atoms with Gasteiger partial charge in [0.15, 0.2) is 0 Å². The molecule has 0 N–H and O–H groups in total. The van der Waals surface area contributed by atoms with Crippen LogP contribution in [0, 0.1) is 23.2 Å². The van der Waals surface area contributed by atoms with Gasteiger partial charge in [-0.2, -0.15) is 0 Å². The molecule has 0 aromatic carbocycles. The normalized spacial score (nSPS) is 32.6. The van der Waals surface area contributed by atoms with Gasteiger partial charge in [0.25, 0.3) is 0 Å². The van der Waals surface area contributed by atoms with E-state index in [0.717, 1.165) is 49.9 Å². The third-order valence-electron chi connectivity index (χ3n) is 7.83. The molecule has 0 saturated heterocycles. The Kier molecular flexibility index (Phi) is 8.09. The van der Waals surface area contributed by atoms with Crippen LogP contribution in [0.2, 0.25) is 0 Å². The summed E-state index contributed by atoms with van der Waals surface area (Å²) in [6.45, 7) is 4.46. The first-order valence-electron chi connectivity index (χ1n) is 12.4. The lowest BCUT2D eigenvalue weighted by molar-refractivity contribution is -0.177. The van der Waals surface area contributed by atoms with Crippen LogP contribution >= 0.6 is 0 Å². The Labute approximate surface area is 168 Å². The molecule has 4 aliphatic carbocycles. The lowest BCUT2D eigenvalue weighted by atomic mass is 9.49. The summed E-state index contributed by atoms with van der Waals surface area (Å²) in [6, 6.07) is 0. The van der Waals surface area contributed by atoms with E-state index in [2.05, 4.69) is 13.8 Å². The number of carbonyl (C=O) groups is 1. The monoisotopic (exact) mass is 376 g/mol. The van der Waals surface area contributed by atoms with Gasteiger partial charge < -0.3 is 4.74 Å². The van der Waals surface area contributed by atoms with Crippen molar-refractivity contribution in [2.24, 2.45) is 23.2 Å². The lowest BCUT2D eigenvalue weighted by Gasteiger charge is -2.55. The average Bonchev–Trinajstić information content (AvgIpc) is 2.64. The maximum absolute atomic E-state index is 13.1. The van der Waals surface area contributed by atoms with E-state index in [-0.39, 0.29) is 17.5 Å². The molecule has 0 spiro atoms. The van der Waals surface area contributed by atoms with Crippen LogP contribution in [-0.4, -0.2) is 12.1 Å². The predicted molar refractivity (Wildman–Crippen MR) is 113 cm³/mol. The third kappa shape index (κ3) is 5.73. The molecule has 4 saturated carbocycles. The second-order valence-electron chi connectivity index (χ2n) is 10.3. The van der Waals surface area contributed by atoms with Gasteiger partial charge in [0.2, 0.25) is 0 Å². The molecule has 1 unspecified atom stereocenters. The summed E-state index contributed by atoms with van der Waals surface area (Å²) >= 11 is 0. The summed E-state index contributed by atoms with van der Waals surface area (Å²) < 4.78 is 6.12. The fourth-order valence-electron chi connectivity index (χ4n) is 6.67. The highest BCUT2D eigenvalue weighted by molar-refractivity contribution is 5.77. The van der Waals surface area contributed by atoms with Crippen LogP contribution < -0.4 is 0 Å². The van der Waals surface area contributed by atoms with E-state index in [1.807, 2.05) is 0 Å². The predicted octanol–water partition coefficient (Wildman–Crippen LogP) is 7.45. The SMILES string of the molecule is CCCCCCCCCCCC(CC)OC(=O)C12CC3CC(CC(C3)C1)C2. The molecule has 4 rings (SSSR count). The molecule has 27 heavy (non-hydrogen) atoms. The topological polar surface area (TPSA) is 26.3 Å². The van der Waals surface area contributed by atoms with Crippen LogP contribution in [0.4, 0.5) is 0 Å². The Hall–Kier alpha value is -0.530. The van der Waals surface area contributed by atoms with E-state index in [1.165, 1.54) is 77.0 Å². The molecule has 0 aromatic heterocycles. The summed E-state index contributed by atoms with van der Waals surface area (Å²) in [5.74, 6) is 2.65. The fraction of sp³-hybridized carbons (Fsp3) is 0.960. The lowest BCUT2D eigenvalue weighted by Crippen LogP contribution is -2.51. The molecule has 4 aliphatic rings. The first-order chi connectivity index (χ1) is 13.1. The van der Waals surface area contributed by atoms with E-state index in [9.17, 15) is 4.79 Å². The van der Waals surface area contributed by atoms with Crippen LogP contribution in [-0.2, 0) is 9.53 Å². The summed E-state index contributed by atoms with van der Waals surface area (Å²) in [5, 5.41) is 0. The third-order valence-corrected chi connectivity index (χ3v) is 7.83. The van der Waals surface area contributed by atoms with Crippen molar-refractivity contribution in [1.82, 2.24) is 0 Å². The Morgan fingerprint density at radius 1 is 0.815 bits per heavy atom. The molecule has 0 aliphatic heterocycles. The number of rotatable bonds is 13. The Morgan fingerprint density at radius 3 is 1.78 bits per heavy atom. The molecular weight excluding hydrogens is 332 g/mol. The van der Waals surface area contributed by atoms with E-state index in [4.69, 9.17) is 4.74 Å². The molecule has 0 amide bonds. The minimum absolute atomic E-state index is 0.0827. The fourth-order valence-corrected chi connectivity index (χ4v) is 6.67. The summed E-state index contributed by atoms with van der Waals surface area (Å²) in [6.07, 6.45) is 22.0. The van der Waals surface area contributed by atoms with Gasteiger partial charge in [-0.25, -0.2) is 0 Å². The molecule has 0 aromatic rings. The Balaban J connectivity index is 1.32. The highest BCUT2D eigenvalue weighted by atomic mass is 16.5. The van der Waals surface area contributed by atoms with Gasteiger partial charge in [-0.3, -0.25) is 4.79 Å². The van der Waals surface area contributed by atoms with Gasteiger partial charge in [-0.15, -0.1) is 0 Å². The van der Waals surface area contributed by atoms with Crippen molar-refractivity contribution >= 4 is 5.97 Å². The number of carbonyl (C=O) groups excluding carboxylic acids is 1. The standard InChI is InChI=1S/C25H44O2/c1-3-5-6-7-8-9-10-11-12-13-23(4-2)27-24(26)25-17-20-14-21(18-25)16-22(15-20)19-25/h20-23H,3-19H2,1-2H3. The van der Waals surface area contributed by atoms with Crippen LogP contribution in [0.5, 0.6) is 0 Å². The van der Waals surface area contributed by atoms with Crippen molar-refractivity contribution in [3.63, 3.8) is 0 Å². The molecule has 156 valence electrons. The number of hydrogen-bond acceptors (Lipinski definition) is 2. The molecule has 1 atom stereocenters. The Morgan fingerprint density at radius 2 is 1.30 bits per heavy atom. The molecule has 4 fully saturated rings. The summed E-state index contributed by atoms with van der Waals surface area (Å²) in [7, 11) is 0. The highest BCUT2D eigenvalue weighted by Gasteiger charge is 2.55. The molecule has 0 heterocycles. The second-order valence-corrected chi connectivity index (χ2v) is 10.3. The van der Waals surface area contributed by atoms with Crippen LogP contribution in [0.1, 0.15) is 123 Å². The van der Waals surface area contributed by atoms with Crippen molar-refractivity contribution in [3.8, 4) is 0 Å². The number of ether oxygens (including phenoxy) is 1. The average molecular weight is 377 g/mol. The molecule has 2 heteroatoms. The van der Waals surface area contributed by atoms with Crippen molar-refractivity contribution in [1.29, 1.82) is 0 Å². The molecular formula is C25H44O2. The number of unbranched alkanes of at least 4 members (excludes halogenated alkanes) is 8. The largest absolute Gasteiger partial charge is 0.462 e. The maximum atomic E-state index is 13.1. The van der Waals surface area contributed by atoms with Gasteiger partial charge in [-0.05, 0) is 75.5 Å². The van der Waals surface area contributed by atoms with Gasteiger partial charge in [-0.1, -0.05) is 65.2 Å². The maximum Gasteiger partial charge on any atom is 0.312 e. The van der Waals surface area contributed by atoms with Gasteiger partial charge in [0.05, 0.1) is 5.41 Å². The van der Waals surface area contributed by atoms with Gasteiger partial charge in [0.1, 0.15) is 6.10 Å². The summed E-state index contributed by atoms with van der Waals surface area (Å²) in [5.41, 5.74) is -0.0827. The Bertz CT molecular complexity index is 420. The minimum atomic E-state index is -0.0827. The van der Waals surface area contributed by atoms with E-state index in [1.54, 1.807) is 0 Å². The highest BCUT2D eigenvalue weighted by Crippen LogP contribution is 2.60. The van der Waals surface area contributed by atoms with Crippen LogP contribution in [0.3, 0.4) is 0 Å². The smallest absolute Gasteiger partial charge is 0.312 e. The molecule has 0 radical (unpaired) electrons. The zero-order valence-electron chi connectivity index (χ0n) is 18.1. The van der Waals surface area contributed by atoms with Crippen molar-refractivity contribution in [2.45, 2.75) is 129 Å². The van der Waals surface area contributed by atoms with Crippen molar-refractivity contribution in [2.75, 3.05) is 0 Å². The first kappa shape index (κ1) is 21.2. The first-order valence-corrected chi connectivity index (χ1v) is 12.4. The van der Waals surface area contributed by atoms with Crippen molar-refractivity contribution in [3.05, 3.63) is 0 Å². The van der Waals surface area contributed by atoms with Crippen LogP contribution in [0.15, 0.2) is 0 Å². The van der Waals surface area contributed by atoms with E-state index < -0.39 is 0 Å². The second kappa shape index (κ2) is 10.3. The molecule has 4 bridgehead atoms. The zero-order chi connectivity index (χ0) is 19.1. The molecule has 2 nitrogen and oxygen atoms in total. The van der Waals surface area contributed by atoms with Gasteiger partial charge >= 0.3 is 5.97 Å². The van der Waals surface area contributed by atoms with Gasteiger partial charge in [0, 0.05) is 0 Å². The van der Waals surface area contributed by atoms with E-state index >= 15 is 0 Å². The zero-order valence-corrected chi connectivity index (χ0v) is 18.1. The quantitative estimate of drug-likeness (QED) is 0.246. The van der Waals surface area contributed by atoms with E-state index in [0.29, 0.717) is 0 Å². The minimum Gasteiger partial charge on any atom is -0.462 e. The van der Waals surface area contributed by atoms with Crippen molar-refractivity contribution < 1.29 is 9.53 Å². The summed E-state index contributed by atoms with van der Waals surface area (Å²) in [4.78, 5) is 13.1.